The predicted molar refractivity (Wildman–Crippen MR) is 86.6 cm³/mol. The average Bonchev–Trinajstić information content (AvgIpc) is 2.76. The molecule has 1 atom stereocenters. The minimum absolute atomic E-state index is 0.363. The van der Waals surface area contributed by atoms with E-state index in [2.05, 4.69) is 5.32 Å². The fourth-order valence-corrected chi connectivity index (χ4v) is 2.86. The third-order valence-electron chi connectivity index (χ3n) is 3.99. The van der Waals surface area contributed by atoms with Crippen LogP contribution in [0, 0.1) is 0 Å². The lowest BCUT2D eigenvalue weighted by Gasteiger charge is -2.19. The Hall–Kier alpha value is -0.610. The standard InChI is InChI=1S/C17H26ClNO2/c18-15-9-7-14(8-10-15)12-21-13-17(20)11-19-16-5-3-1-2-4-6-16/h7-10,16-17,19-20H,1-6,11-13H2. The number of hydrogen-bond acceptors (Lipinski definition) is 3. The molecule has 0 saturated heterocycles. The summed E-state index contributed by atoms with van der Waals surface area (Å²) in [5.74, 6) is 0. The molecule has 0 heterocycles. The Morgan fingerprint density at radius 3 is 2.48 bits per heavy atom. The second-order valence-electron chi connectivity index (χ2n) is 5.89. The van der Waals surface area contributed by atoms with Gasteiger partial charge in [0.15, 0.2) is 0 Å². The minimum Gasteiger partial charge on any atom is -0.389 e. The summed E-state index contributed by atoms with van der Waals surface area (Å²) in [5, 5.41) is 14.2. The normalized spacial score (nSPS) is 18.4. The first-order valence-corrected chi connectivity index (χ1v) is 8.35. The van der Waals surface area contributed by atoms with Crippen molar-refractivity contribution in [1.29, 1.82) is 0 Å². The van der Waals surface area contributed by atoms with Crippen LogP contribution < -0.4 is 5.32 Å². The van der Waals surface area contributed by atoms with Gasteiger partial charge in [0.05, 0.1) is 19.3 Å². The number of aliphatic hydroxyl groups is 1. The summed E-state index contributed by atoms with van der Waals surface area (Å²) in [6.07, 6.45) is 7.34. The van der Waals surface area contributed by atoms with Crippen molar-refractivity contribution >= 4 is 11.6 Å². The van der Waals surface area contributed by atoms with Crippen molar-refractivity contribution in [3.63, 3.8) is 0 Å². The monoisotopic (exact) mass is 311 g/mol. The van der Waals surface area contributed by atoms with Gasteiger partial charge in [0.1, 0.15) is 0 Å². The van der Waals surface area contributed by atoms with E-state index in [0.717, 1.165) is 10.6 Å². The van der Waals surface area contributed by atoms with Gasteiger partial charge in [0.2, 0.25) is 0 Å². The van der Waals surface area contributed by atoms with Gasteiger partial charge in [-0.1, -0.05) is 49.4 Å². The van der Waals surface area contributed by atoms with Gasteiger partial charge in [0.25, 0.3) is 0 Å². The van der Waals surface area contributed by atoms with Crippen LogP contribution in [0.2, 0.25) is 5.02 Å². The Bertz CT molecular complexity index is 388. The number of nitrogens with one attached hydrogen (secondary N) is 1. The summed E-state index contributed by atoms with van der Waals surface area (Å²) in [6, 6.07) is 8.16. The predicted octanol–water partition coefficient (Wildman–Crippen LogP) is 3.53. The molecule has 0 bridgehead atoms. The van der Waals surface area contributed by atoms with Gasteiger partial charge in [0, 0.05) is 17.6 Å². The van der Waals surface area contributed by atoms with Crippen LogP contribution in [0.5, 0.6) is 0 Å². The summed E-state index contributed by atoms with van der Waals surface area (Å²) < 4.78 is 5.55. The summed E-state index contributed by atoms with van der Waals surface area (Å²) in [6.45, 7) is 1.49. The van der Waals surface area contributed by atoms with Crippen LogP contribution in [-0.4, -0.2) is 30.4 Å². The zero-order chi connectivity index (χ0) is 14.9. The van der Waals surface area contributed by atoms with Gasteiger partial charge >= 0.3 is 0 Å². The van der Waals surface area contributed by atoms with E-state index in [1.54, 1.807) is 0 Å². The van der Waals surface area contributed by atoms with Crippen LogP contribution in [0.15, 0.2) is 24.3 Å². The molecule has 1 unspecified atom stereocenters. The SMILES string of the molecule is OC(CNC1CCCCCC1)COCc1ccc(Cl)cc1. The molecule has 0 radical (unpaired) electrons. The van der Waals surface area contributed by atoms with Gasteiger partial charge in [-0.25, -0.2) is 0 Å². The van der Waals surface area contributed by atoms with Crippen molar-refractivity contribution in [2.24, 2.45) is 0 Å². The van der Waals surface area contributed by atoms with E-state index in [4.69, 9.17) is 16.3 Å². The number of halogens is 1. The molecule has 3 nitrogen and oxygen atoms in total. The van der Waals surface area contributed by atoms with E-state index in [9.17, 15) is 5.11 Å². The van der Waals surface area contributed by atoms with Gasteiger partial charge in [-0.2, -0.15) is 0 Å². The number of ether oxygens (including phenoxy) is 1. The highest BCUT2D eigenvalue weighted by Crippen LogP contribution is 2.17. The molecular weight excluding hydrogens is 286 g/mol. The van der Waals surface area contributed by atoms with Crippen LogP contribution in [0.1, 0.15) is 44.1 Å². The Balaban J connectivity index is 1.58. The first-order chi connectivity index (χ1) is 10.2. The Kier molecular flexibility index (Phi) is 7.51. The zero-order valence-corrected chi connectivity index (χ0v) is 13.3. The molecule has 21 heavy (non-hydrogen) atoms. The van der Waals surface area contributed by atoms with Crippen molar-refractivity contribution in [3.05, 3.63) is 34.9 Å². The third kappa shape index (κ3) is 6.79. The van der Waals surface area contributed by atoms with E-state index >= 15 is 0 Å². The molecule has 1 aliphatic carbocycles. The quantitative estimate of drug-likeness (QED) is 0.757. The maximum Gasteiger partial charge on any atom is 0.0897 e. The molecule has 1 aromatic carbocycles. The Labute approximate surface area is 132 Å². The molecule has 4 heteroatoms. The van der Waals surface area contributed by atoms with E-state index in [1.165, 1.54) is 38.5 Å². The summed E-state index contributed by atoms with van der Waals surface area (Å²) in [7, 11) is 0. The molecule has 1 saturated carbocycles. The summed E-state index contributed by atoms with van der Waals surface area (Å²) in [5.41, 5.74) is 1.07. The topological polar surface area (TPSA) is 41.5 Å². The molecule has 1 fully saturated rings. The molecular formula is C17H26ClNO2. The maximum absolute atomic E-state index is 9.96. The van der Waals surface area contributed by atoms with Crippen molar-refractivity contribution in [3.8, 4) is 0 Å². The van der Waals surface area contributed by atoms with Crippen LogP contribution in [0.3, 0.4) is 0 Å². The fraction of sp³-hybridized carbons (Fsp3) is 0.647. The number of benzene rings is 1. The molecule has 0 aliphatic heterocycles. The van der Waals surface area contributed by atoms with Crippen LogP contribution in [-0.2, 0) is 11.3 Å². The molecule has 2 rings (SSSR count). The van der Waals surface area contributed by atoms with Crippen molar-refractivity contribution in [2.45, 2.75) is 57.3 Å². The second kappa shape index (κ2) is 9.42. The largest absolute Gasteiger partial charge is 0.389 e. The molecule has 0 aromatic heterocycles. The Morgan fingerprint density at radius 2 is 1.81 bits per heavy atom. The molecule has 1 aliphatic rings. The molecule has 118 valence electrons. The van der Waals surface area contributed by atoms with Gasteiger partial charge < -0.3 is 15.2 Å². The molecule has 0 spiro atoms. The van der Waals surface area contributed by atoms with Crippen molar-refractivity contribution < 1.29 is 9.84 Å². The van der Waals surface area contributed by atoms with Gasteiger partial charge in [-0.3, -0.25) is 0 Å². The second-order valence-corrected chi connectivity index (χ2v) is 6.33. The highest BCUT2D eigenvalue weighted by Gasteiger charge is 2.13. The number of hydrogen-bond donors (Lipinski definition) is 2. The lowest BCUT2D eigenvalue weighted by Crippen LogP contribution is -2.37. The van der Waals surface area contributed by atoms with E-state index in [1.807, 2.05) is 24.3 Å². The molecule has 0 amide bonds. The van der Waals surface area contributed by atoms with Crippen molar-refractivity contribution in [1.82, 2.24) is 5.32 Å². The van der Waals surface area contributed by atoms with Crippen LogP contribution in [0.4, 0.5) is 0 Å². The maximum atomic E-state index is 9.96. The number of aliphatic hydroxyl groups excluding tert-OH is 1. The molecule has 1 aromatic rings. The van der Waals surface area contributed by atoms with Gasteiger partial charge in [-0.05, 0) is 30.5 Å². The summed E-state index contributed by atoms with van der Waals surface area (Å²) in [4.78, 5) is 0. The first kappa shape index (κ1) is 16.8. The Morgan fingerprint density at radius 1 is 1.14 bits per heavy atom. The minimum atomic E-state index is -0.444. The first-order valence-electron chi connectivity index (χ1n) is 7.97. The van der Waals surface area contributed by atoms with Crippen LogP contribution >= 0.6 is 11.6 Å². The third-order valence-corrected chi connectivity index (χ3v) is 4.24. The van der Waals surface area contributed by atoms with Crippen molar-refractivity contribution in [2.75, 3.05) is 13.2 Å². The fourth-order valence-electron chi connectivity index (χ4n) is 2.74. The van der Waals surface area contributed by atoms with Gasteiger partial charge in [-0.15, -0.1) is 0 Å². The highest BCUT2D eigenvalue weighted by atomic mass is 35.5. The number of rotatable bonds is 7. The van der Waals surface area contributed by atoms with E-state index in [0.29, 0.717) is 25.8 Å². The lowest BCUT2D eigenvalue weighted by molar-refractivity contribution is 0.0274. The van der Waals surface area contributed by atoms with E-state index < -0.39 is 6.10 Å². The lowest BCUT2D eigenvalue weighted by atomic mass is 10.1. The smallest absolute Gasteiger partial charge is 0.0897 e. The zero-order valence-electron chi connectivity index (χ0n) is 12.6. The average molecular weight is 312 g/mol. The highest BCUT2D eigenvalue weighted by molar-refractivity contribution is 6.30. The summed E-state index contributed by atoms with van der Waals surface area (Å²) >= 11 is 5.83. The molecule has 2 N–H and O–H groups in total. The van der Waals surface area contributed by atoms with E-state index in [-0.39, 0.29) is 0 Å². The van der Waals surface area contributed by atoms with Crippen LogP contribution in [0.25, 0.3) is 0 Å².